The molecule has 0 aliphatic rings. The molecule has 1 aromatic rings. The Morgan fingerprint density at radius 1 is 1.38 bits per heavy atom. The first-order chi connectivity index (χ1) is 7.29. The normalized spacial score (nSPS) is 16.1. The van der Waals surface area contributed by atoms with E-state index in [1.165, 1.54) is 10.7 Å². The molecule has 1 heterocycles. The van der Waals surface area contributed by atoms with Gasteiger partial charge in [-0.3, -0.25) is 0 Å². The highest BCUT2D eigenvalue weighted by molar-refractivity contribution is 7.09. The van der Waals surface area contributed by atoms with Crippen molar-refractivity contribution in [2.24, 2.45) is 11.7 Å². The van der Waals surface area contributed by atoms with Crippen molar-refractivity contribution in [2.45, 2.75) is 58.9 Å². The number of aromatic nitrogens is 1. The minimum atomic E-state index is 0.166. The van der Waals surface area contributed by atoms with Crippen molar-refractivity contribution in [3.05, 3.63) is 16.1 Å². The molecule has 0 bridgehead atoms. The molecule has 0 saturated heterocycles. The molecule has 92 valence electrons. The van der Waals surface area contributed by atoms with Crippen LogP contribution in [0.2, 0.25) is 0 Å². The lowest BCUT2D eigenvalue weighted by Crippen LogP contribution is -2.19. The highest BCUT2D eigenvalue weighted by atomic mass is 32.1. The Morgan fingerprint density at radius 2 is 2.00 bits per heavy atom. The molecule has 2 atom stereocenters. The molecule has 1 rings (SSSR count). The fourth-order valence-electron chi connectivity index (χ4n) is 1.77. The molecule has 2 unspecified atom stereocenters. The van der Waals surface area contributed by atoms with Crippen molar-refractivity contribution in [3.63, 3.8) is 0 Å². The summed E-state index contributed by atoms with van der Waals surface area (Å²) in [4.78, 5) is 4.71. The third kappa shape index (κ3) is 4.22. The number of hydrogen-bond acceptors (Lipinski definition) is 3. The summed E-state index contributed by atoms with van der Waals surface area (Å²) < 4.78 is 0. The van der Waals surface area contributed by atoms with E-state index in [1.807, 2.05) is 0 Å². The van der Waals surface area contributed by atoms with Crippen LogP contribution in [0.5, 0.6) is 0 Å². The second kappa shape index (κ2) is 5.28. The van der Waals surface area contributed by atoms with Gasteiger partial charge >= 0.3 is 0 Å². The maximum Gasteiger partial charge on any atom is 0.0931 e. The zero-order valence-corrected chi connectivity index (χ0v) is 11.9. The van der Waals surface area contributed by atoms with E-state index in [0.29, 0.717) is 5.92 Å². The lowest BCUT2D eigenvalue weighted by Gasteiger charge is -2.15. The van der Waals surface area contributed by atoms with Crippen molar-refractivity contribution in [3.8, 4) is 0 Å². The minimum absolute atomic E-state index is 0.166. The Bertz CT molecular complexity index is 323. The summed E-state index contributed by atoms with van der Waals surface area (Å²) >= 11 is 1.78. The Kier molecular flexibility index (Phi) is 4.51. The molecule has 2 nitrogen and oxygen atoms in total. The summed E-state index contributed by atoms with van der Waals surface area (Å²) in [7, 11) is 0. The first-order valence-corrected chi connectivity index (χ1v) is 6.87. The molecular formula is C13H24N2S. The van der Waals surface area contributed by atoms with E-state index >= 15 is 0 Å². The van der Waals surface area contributed by atoms with E-state index in [1.54, 1.807) is 11.3 Å². The first-order valence-electron chi connectivity index (χ1n) is 5.99. The van der Waals surface area contributed by atoms with E-state index < -0.39 is 0 Å². The second-order valence-corrected chi connectivity index (χ2v) is 6.84. The zero-order chi connectivity index (χ0) is 12.3. The van der Waals surface area contributed by atoms with Crippen molar-refractivity contribution in [2.75, 3.05) is 0 Å². The average Bonchev–Trinajstić information content (AvgIpc) is 2.49. The van der Waals surface area contributed by atoms with E-state index in [9.17, 15) is 0 Å². The molecule has 0 spiro atoms. The van der Waals surface area contributed by atoms with Gasteiger partial charge in [-0.25, -0.2) is 4.98 Å². The van der Waals surface area contributed by atoms with Crippen molar-refractivity contribution >= 4 is 11.3 Å². The van der Waals surface area contributed by atoms with E-state index in [-0.39, 0.29) is 11.5 Å². The Morgan fingerprint density at radius 3 is 2.44 bits per heavy atom. The molecule has 0 aromatic carbocycles. The maximum absolute atomic E-state index is 5.80. The fraction of sp³-hybridized carbons (Fsp3) is 0.769. The van der Waals surface area contributed by atoms with Gasteiger partial charge in [0.05, 0.1) is 10.7 Å². The average molecular weight is 240 g/mol. The fourth-order valence-corrected chi connectivity index (χ4v) is 2.95. The lowest BCUT2D eigenvalue weighted by molar-refractivity contribution is 0.477. The smallest absolute Gasteiger partial charge is 0.0931 e. The first kappa shape index (κ1) is 13.7. The highest BCUT2D eigenvalue weighted by Crippen LogP contribution is 2.25. The SMILES string of the molecule is CC(N)CC(C)Cc1nc(C(C)(C)C)cs1. The number of nitrogens with zero attached hydrogens (tertiary/aromatic N) is 1. The molecule has 16 heavy (non-hydrogen) atoms. The van der Waals surface area contributed by atoms with Gasteiger partial charge < -0.3 is 5.73 Å². The minimum Gasteiger partial charge on any atom is -0.328 e. The highest BCUT2D eigenvalue weighted by Gasteiger charge is 2.18. The number of nitrogens with two attached hydrogens (primary N) is 1. The summed E-state index contributed by atoms with van der Waals surface area (Å²) in [6.07, 6.45) is 2.13. The van der Waals surface area contributed by atoms with Crippen LogP contribution in [0.15, 0.2) is 5.38 Å². The van der Waals surface area contributed by atoms with Crippen LogP contribution in [0.3, 0.4) is 0 Å². The molecule has 0 fully saturated rings. The standard InChI is InChI=1S/C13H24N2S/c1-9(6-10(2)14)7-12-15-11(8-16-12)13(3,4)5/h8-10H,6-7,14H2,1-5H3. The van der Waals surface area contributed by atoms with Gasteiger partial charge in [-0.05, 0) is 19.3 Å². The topological polar surface area (TPSA) is 38.9 Å². The van der Waals surface area contributed by atoms with Crippen LogP contribution in [0.1, 0.15) is 51.7 Å². The van der Waals surface area contributed by atoms with Crippen LogP contribution < -0.4 is 5.73 Å². The quantitative estimate of drug-likeness (QED) is 0.876. The Labute approximate surface area is 103 Å². The van der Waals surface area contributed by atoms with Gasteiger partial charge in [0.1, 0.15) is 0 Å². The lowest BCUT2D eigenvalue weighted by atomic mass is 9.93. The van der Waals surface area contributed by atoms with Gasteiger partial charge in [-0.1, -0.05) is 27.7 Å². The van der Waals surface area contributed by atoms with Gasteiger partial charge in [-0.2, -0.15) is 0 Å². The summed E-state index contributed by atoms with van der Waals surface area (Å²) in [6.45, 7) is 10.9. The van der Waals surface area contributed by atoms with Crippen LogP contribution in [-0.4, -0.2) is 11.0 Å². The van der Waals surface area contributed by atoms with Gasteiger partial charge in [0.2, 0.25) is 0 Å². The molecule has 2 N–H and O–H groups in total. The monoisotopic (exact) mass is 240 g/mol. The molecule has 0 radical (unpaired) electrons. The predicted octanol–water partition coefficient (Wildman–Crippen LogP) is 3.36. The van der Waals surface area contributed by atoms with Crippen LogP contribution in [0.4, 0.5) is 0 Å². The number of hydrogen-bond donors (Lipinski definition) is 1. The summed E-state index contributed by atoms with van der Waals surface area (Å²) in [5, 5.41) is 3.44. The van der Waals surface area contributed by atoms with Crippen LogP contribution in [0, 0.1) is 5.92 Å². The van der Waals surface area contributed by atoms with Crippen molar-refractivity contribution in [1.82, 2.24) is 4.98 Å². The van der Waals surface area contributed by atoms with Gasteiger partial charge in [0.15, 0.2) is 0 Å². The summed E-state index contributed by atoms with van der Waals surface area (Å²) in [6, 6.07) is 0.289. The summed E-state index contributed by atoms with van der Waals surface area (Å²) in [5.74, 6) is 0.624. The third-order valence-corrected chi connectivity index (χ3v) is 3.49. The molecule has 0 aliphatic heterocycles. The number of rotatable bonds is 4. The maximum atomic E-state index is 5.80. The predicted molar refractivity (Wildman–Crippen MR) is 71.9 cm³/mol. The van der Waals surface area contributed by atoms with Gasteiger partial charge in [0, 0.05) is 23.3 Å². The molecule has 0 aliphatic carbocycles. The largest absolute Gasteiger partial charge is 0.328 e. The van der Waals surface area contributed by atoms with E-state index in [0.717, 1.165) is 12.8 Å². The van der Waals surface area contributed by atoms with Crippen LogP contribution in [0.25, 0.3) is 0 Å². The second-order valence-electron chi connectivity index (χ2n) is 5.90. The van der Waals surface area contributed by atoms with Gasteiger partial charge in [-0.15, -0.1) is 11.3 Å². The van der Waals surface area contributed by atoms with Crippen LogP contribution in [-0.2, 0) is 11.8 Å². The van der Waals surface area contributed by atoms with E-state index in [4.69, 9.17) is 10.7 Å². The van der Waals surface area contributed by atoms with E-state index in [2.05, 4.69) is 40.0 Å². The van der Waals surface area contributed by atoms with Crippen molar-refractivity contribution in [1.29, 1.82) is 0 Å². The molecule has 0 amide bonds. The number of thiazole rings is 1. The Balaban J connectivity index is 2.59. The summed E-state index contributed by atoms with van der Waals surface area (Å²) in [5.41, 5.74) is 7.18. The molecule has 1 aromatic heterocycles. The van der Waals surface area contributed by atoms with Gasteiger partial charge in [0.25, 0.3) is 0 Å². The third-order valence-electron chi connectivity index (χ3n) is 2.62. The molecular weight excluding hydrogens is 216 g/mol. The van der Waals surface area contributed by atoms with Crippen molar-refractivity contribution < 1.29 is 0 Å². The molecule has 0 saturated carbocycles. The Hall–Kier alpha value is -0.410. The molecule has 3 heteroatoms. The van der Waals surface area contributed by atoms with Crippen LogP contribution >= 0.6 is 11.3 Å². The zero-order valence-electron chi connectivity index (χ0n) is 11.1.